The van der Waals surface area contributed by atoms with Gasteiger partial charge in [-0.1, -0.05) is 0 Å². The molecular weight excluding hydrogens is 290 g/mol. The third-order valence-corrected chi connectivity index (χ3v) is 4.35. The van der Waals surface area contributed by atoms with Crippen molar-refractivity contribution in [2.24, 2.45) is 0 Å². The van der Waals surface area contributed by atoms with Crippen molar-refractivity contribution in [2.75, 3.05) is 33.2 Å². The lowest BCUT2D eigenvalue weighted by Gasteiger charge is -2.32. The maximum Gasteiger partial charge on any atom is 0.265 e. The minimum absolute atomic E-state index is 0.119. The van der Waals surface area contributed by atoms with Crippen LogP contribution in [0.4, 0.5) is 0 Å². The first-order valence-corrected chi connectivity index (χ1v) is 6.79. The molecule has 16 heavy (non-hydrogen) atoms. The molecule has 1 aromatic rings. The third-order valence-electron chi connectivity index (χ3n) is 2.76. The first kappa shape index (κ1) is 12.0. The molecular formula is C10H14BrN3OS. The number of nitrogens with zero attached hydrogens (tertiary/aromatic N) is 3. The van der Waals surface area contributed by atoms with Gasteiger partial charge in [0.05, 0.1) is 5.69 Å². The predicted molar refractivity (Wildman–Crippen MR) is 68.0 cm³/mol. The van der Waals surface area contributed by atoms with Crippen molar-refractivity contribution in [3.8, 4) is 0 Å². The summed E-state index contributed by atoms with van der Waals surface area (Å²) in [5, 5.41) is 0. The van der Waals surface area contributed by atoms with Crippen LogP contribution in [0.1, 0.15) is 15.4 Å². The molecule has 1 saturated heterocycles. The summed E-state index contributed by atoms with van der Waals surface area (Å²) in [4.78, 5) is 21.3. The zero-order valence-corrected chi connectivity index (χ0v) is 11.8. The topological polar surface area (TPSA) is 36.4 Å². The van der Waals surface area contributed by atoms with Crippen LogP contribution in [0.2, 0.25) is 0 Å². The van der Waals surface area contributed by atoms with Crippen LogP contribution >= 0.6 is 27.3 Å². The molecule has 2 heterocycles. The summed E-state index contributed by atoms with van der Waals surface area (Å²) >= 11 is 4.73. The number of aromatic nitrogens is 1. The minimum atomic E-state index is 0.119. The number of amides is 1. The molecule has 0 unspecified atom stereocenters. The van der Waals surface area contributed by atoms with Crippen molar-refractivity contribution in [3.63, 3.8) is 0 Å². The number of rotatable bonds is 1. The molecule has 0 spiro atoms. The van der Waals surface area contributed by atoms with Gasteiger partial charge >= 0.3 is 0 Å². The van der Waals surface area contributed by atoms with Crippen LogP contribution < -0.4 is 0 Å². The van der Waals surface area contributed by atoms with E-state index >= 15 is 0 Å². The van der Waals surface area contributed by atoms with Gasteiger partial charge < -0.3 is 9.80 Å². The maximum atomic E-state index is 12.2. The first-order chi connectivity index (χ1) is 7.58. The van der Waals surface area contributed by atoms with E-state index in [2.05, 4.69) is 32.9 Å². The number of carbonyl (C=O) groups is 1. The quantitative estimate of drug-likeness (QED) is 0.791. The Labute approximate surface area is 107 Å². The molecule has 0 atom stereocenters. The van der Waals surface area contributed by atoms with E-state index in [0.29, 0.717) is 0 Å². The summed E-state index contributed by atoms with van der Waals surface area (Å²) < 4.78 is 0.780. The Kier molecular flexibility index (Phi) is 3.61. The summed E-state index contributed by atoms with van der Waals surface area (Å²) in [5.74, 6) is 0.119. The molecule has 0 aromatic carbocycles. The standard InChI is InChI=1S/C10H14BrN3OS/c1-7-8(16-10(11)12-7)9(15)14-5-3-13(2)4-6-14/h3-6H2,1-2H3. The molecule has 88 valence electrons. The number of thiazole rings is 1. The molecule has 1 aromatic heterocycles. The average Bonchev–Trinajstić information content (AvgIpc) is 2.58. The van der Waals surface area contributed by atoms with Crippen molar-refractivity contribution in [1.82, 2.24) is 14.8 Å². The molecule has 0 aliphatic carbocycles. The van der Waals surface area contributed by atoms with E-state index in [1.807, 2.05) is 11.8 Å². The second kappa shape index (κ2) is 4.81. The monoisotopic (exact) mass is 303 g/mol. The zero-order valence-electron chi connectivity index (χ0n) is 9.36. The molecule has 1 amide bonds. The van der Waals surface area contributed by atoms with E-state index in [4.69, 9.17) is 0 Å². The normalized spacial score (nSPS) is 17.8. The van der Waals surface area contributed by atoms with Gasteiger partial charge in [-0.3, -0.25) is 4.79 Å². The summed E-state index contributed by atoms with van der Waals surface area (Å²) in [7, 11) is 2.08. The second-order valence-electron chi connectivity index (χ2n) is 3.98. The summed E-state index contributed by atoms with van der Waals surface area (Å²) in [6.45, 7) is 5.40. The lowest BCUT2D eigenvalue weighted by atomic mass is 10.3. The highest BCUT2D eigenvalue weighted by atomic mass is 79.9. The SMILES string of the molecule is Cc1nc(Br)sc1C(=O)N1CCN(C)CC1. The van der Waals surface area contributed by atoms with E-state index in [-0.39, 0.29) is 5.91 Å². The highest BCUT2D eigenvalue weighted by Gasteiger charge is 2.23. The Hall–Kier alpha value is -0.460. The molecule has 0 radical (unpaired) electrons. The van der Waals surface area contributed by atoms with Gasteiger partial charge in [0, 0.05) is 26.2 Å². The van der Waals surface area contributed by atoms with Gasteiger partial charge in [0.1, 0.15) is 4.88 Å². The largest absolute Gasteiger partial charge is 0.335 e. The molecule has 6 heteroatoms. The second-order valence-corrected chi connectivity index (χ2v) is 6.25. The fraction of sp³-hybridized carbons (Fsp3) is 0.600. The predicted octanol–water partition coefficient (Wildman–Crippen LogP) is 1.60. The Morgan fingerprint density at radius 1 is 1.38 bits per heavy atom. The molecule has 1 aliphatic rings. The smallest absolute Gasteiger partial charge is 0.265 e. The summed E-state index contributed by atoms with van der Waals surface area (Å²) in [5.41, 5.74) is 0.820. The van der Waals surface area contributed by atoms with Crippen LogP contribution in [0.3, 0.4) is 0 Å². The Morgan fingerprint density at radius 3 is 2.50 bits per heavy atom. The van der Waals surface area contributed by atoms with Gasteiger partial charge in [-0.05, 0) is 29.9 Å². The van der Waals surface area contributed by atoms with E-state index in [9.17, 15) is 4.79 Å². The lowest BCUT2D eigenvalue weighted by molar-refractivity contribution is 0.0668. The summed E-state index contributed by atoms with van der Waals surface area (Å²) in [6, 6.07) is 0. The minimum Gasteiger partial charge on any atom is -0.335 e. The van der Waals surface area contributed by atoms with Gasteiger partial charge in [0.25, 0.3) is 5.91 Å². The number of halogens is 1. The zero-order chi connectivity index (χ0) is 11.7. The van der Waals surface area contributed by atoms with E-state index in [1.165, 1.54) is 11.3 Å². The molecule has 1 fully saturated rings. The number of piperazine rings is 1. The van der Waals surface area contributed by atoms with Crippen molar-refractivity contribution < 1.29 is 4.79 Å². The fourth-order valence-electron chi connectivity index (χ4n) is 1.72. The molecule has 0 N–H and O–H groups in total. The van der Waals surface area contributed by atoms with Gasteiger partial charge in [-0.25, -0.2) is 4.98 Å². The Balaban J connectivity index is 2.10. The number of likely N-dealkylation sites (N-methyl/N-ethyl adjacent to an activating group) is 1. The van der Waals surface area contributed by atoms with Crippen molar-refractivity contribution in [3.05, 3.63) is 14.5 Å². The van der Waals surface area contributed by atoms with Gasteiger partial charge in [-0.2, -0.15) is 0 Å². The van der Waals surface area contributed by atoms with Crippen LogP contribution in [0, 0.1) is 6.92 Å². The van der Waals surface area contributed by atoms with Gasteiger partial charge in [-0.15, -0.1) is 11.3 Å². The van der Waals surface area contributed by atoms with Crippen molar-refractivity contribution in [1.29, 1.82) is 0 Å². The highest BCUT2D eigenvalue weighted by molar-refractivity contribution is 9.11. The number of aryl methyl sites for hydroxylation is 1. The van der Waals surface area contributed by atoms with Crippen LogP contribution in [-0.2, 0) is 0 Å². The molecule has 0 saturated carbocycles. The van der Waals surface area contributed by atoms with Crippen molar-refractivity contribution in [2.45, 2.75) is 6.92 Å². The Bertz CT molecular complexity index is 399. The van der Waals surface area contributed by atoms with E-state index in [1.54, 1.807) is 0 Å². The van der Waals surface area contributed by atoms with Crippen LogP contribution in [0.15, 0.2) is 3.92 Å². The van der Waals surface area contributed by atoms with E-state index in [0.717, 1.165) is 40.7 Å². The van der Waals surface area contributed by atoms with Crippen LogP contribution in [0.5, 0.6) is 0 Å². The lowest BCUT2D eigenvalue weighted by Crippen LogP contribution is -2.47. The maximum absolute atomic E-state index is 12.2. The number of hydrogen-bond donors (Lipinski definition) is 0. The van der Waals surface area contributed by atoms with Gasteiger partial charge in [0.15, 0.2) is 3.92 Å². The van der Waals surface area contributed by atoms with Crippen LogP contribution in [0.25, 0.3) is 0 Å². The number of hydrogen-bond acceptors (Lipinski definition) is 4. The molecule has 2 rings (SSSR count). The highest BCUT2D eigenvalue weighted by Crippen LogP contribution is 2.24. The molecule has 4 nitrogen and oxygen atoms in total. The average molecular weight is 304 g/mol. The van der Waals surface area contributed by atoms with E-state index < -0.39 is 0 Å². The molecule has 0 bridgehead atoms. The van der Waals surface area contributed by atoms with Crippen molar-refractivity contribution >= 4 is 33.2 Å². The Morgan fingerprint density at radius 2 is 2.00 bits per heavy atom. The van der Waals surface area contributed by atoms with Gasteiger partial charge in [0.2, 0.25) is 0 Å². The third kappa shape index (κ3) is 2.44. The summed E-state index contributed by atoms with van der Waals surface area (Å²) in [6.07, 6.45) is 0. The fourth-order valence-corrected chi connectivity index (χ4v) is 3.23. The molecule has 1 aliphatic heterocycles. The number of carbonyl (C=O) groups excluding carboxylic acids is 1. The van der Waals surface area contributed by atoms with Crippen LogP contribution in [-0.4, -0.2) is 53.9 Å². The first-order valence-electron chi connectivity index (χ1n) is 5.18.